The number of amides is 1. The molecule has 158 valence electrons. The molecule has 0 spiro atoms. The summed E-state index contributed by atoms with van der Waals surface area (Å²) in [6.45, 7) is 4.64. The molecule has 0 bridgehead atoms. The minimum absolute atomic E-state index is 0.0291. The monoisotopic (exact) mass is 446 g/mol. The van der Waals surface area contributed by atoms with Crippen LogP contribution in [0.25, 0.3) is 10.9 Å². The van der Waals surface area contributed by atoms with Crippen molar-refractivity contribution in [3.63, 3.8) is 0 Å². The number of carbonyl (C=O) groups excluding carboxylic acids is 1. The molecule has 1 aromatic heterocycles. The lowest BCUT2D eigenvalue weighted by molar-refractivity contribution is -0.137. The number of aromatic nitrogens is 1. The first-order chi connectivity index (χ1) is 14.1. The maximum Gasteiger partial charge on any atom is 0.323 e. The number of carbonyl (C=O) groups is 2. The van der Waals surface area contributed by atoms with Gasteiger partial charge in [-0.05, 0) is 43.3 Å². The lowest BCUT2D eigenvalue weighted by Crippen LogP contribution is -2.10. The van der Waals surface area contributed by atoms with Crippen molar-refractivity contribution in [2.24, 2.45) is 0 Å². The first-order valence-electron chi connectivity index (χ1n) is 9.26. The molecular formula is C21H22N2O5S2. The molecule has 0 aliphatic rings. The molecule has 0 aliphatic carbocycles. The van der Waals surface area contributed by atoms with Gasteiger partial charge < -0.3 is 15.0 Å². The number of aliphatic carboxylic acids is 1. The van der Waals surface area contributed by atoms with Gasteiger partial charge in [0.1, 0.15) is 6.54 Å². The van der Waals surface area contributed by atoms with Crippen LogP contribution in [-0.2, 0) is 26.0 Å². The predicted octanol–water partition coefficient (Wildman–Crippen LogP) is 3.94. The third-order valence-electron chi connectivity index (χ3n) is 4.68. The van der Waals surface area contributed by atoms with Crippen LogP contribution in [-0.4, -0.2) is 35.7 Å². The molecule has 1 amide bonds. The minimum atomic E-state index is -3.29. The summed E-state index contributed by atoms with van der Waals surface area (Å²) in [4.78, 5) is 25.0. The number of nitrogens with zero attached hydrogens (tertiary/aromatic N) is 1. The molecule has 0 atom stereocenters. The second-order valence-electron chi connectivity index (χ2n) is 6.75. The summed E-state index contributed by atoms with van der Waals surface area (Å²) in [6.07, 6.45) is 0. The molecule has 2 aromatic carbocycles. The van der Waals surface area contributed by atoms with Crippen molar-refractivity contribution in [2.75, 3.05) is 11.1 Å². The van der Waals surface area contributed by atoms with E-state index in [1.165, 1.54) is 18.7 Å². The van der Waals surface area contributed by atoms with E-state index >= 15 is 0 Å². The SMILES string of the molecule is CCS(=O)(=O)c1ccc(Sc2c(C)n(CC(=O)O)c3cccc(NC(C)=O)c23)cc1. The summed E-state index contributed by atoms with van der Waals surface area (Å²) in [5.74, 6) is -1.16. The highest BCUT2D eigenvalue weighted by Crippen LogP contribution is 2.41. The summed E-state index contributed by atoms with van der Waals surface area (Å²) < 4.78 is 25.8. The van der Waals surface area contributed by atoms with E-state index in [1.807, 2.05) is 13.0 Å². The fourth-order valence-corrected chi connectivity index (χ4v) is 5.21. The van der Waals surface area contributed by atoms with Crippen LogP contribution >= 0.6 is 11.8 Å². The maximum absolute atomic E-state index is 12.0. The minimum Gasteiger partial charge on any atom is -0.480 e. The standard InChI is InChI=1S/C21H22N2O5S2/c1-4-30(27,28)16-10-8-15(9-11-16)29-21-13(2)23(12-19(25)26)18-7-5-6-17(20(18)21)22-14(3)24/h5-11H,4,12H2,1-3H3,(H,22,24)(H,25,26). The van der Waals surface area contributed by atoms with E-state index in [0.29, 0.717) is 11.2 Å². The number of hydrogen-bond donors (Lipinski definition) is 2. The molecule has 1 heterocycles. The Balaban J connectivity index is 2.13. The van der Waals surface area contributed by atoms with Crippen LogP contribution in [0.2, 0.25) is 0 Å². The van der Waals surface area contributed by atoms with Crippen LogP contribution in [0, 0.1) is 6.92 Å². The van der Waals surface area contributed by atoms with Gasteiger partial charge in [-0.15, -0.1) is 0 Å². The van der Waals surface area contributed by atoms with Crippen LogP contribution < -0.4 is 5.32 Å². The van der Waals surface area contributed by atoms with Gasteiger partial charge in [0.25, 0.3) is 0 Å². The highest BCUT2D eigenvalue weighted by atomic mass is 32.2. The van der Waals surface area contributed by atoms with Crippen LogP contribution in [0.5, 0.6) is 0 Å². The lowest BCUT2D eigenvalue weighted by Gasteiger charge is -2.08. The van der Waals surface area contributed by atoms with Gasteiger partial charge in [0.2, 0.25) is 5.91 Å². The molecule has 0 aliphatic heterocycles. The molecule has 3 aromatic rings. The zero-order chi connectivity index (χ0) is 22.1. The van der Waals surface area contributed by atoms with Gasteiger partial charge in [-0.25, -0.2) is 8.42 Å². The summed E-state index contributed by atoms with van der Waals surface area (Å²) in [6, 6.07) is 12.0. The summed E-state index contributed by atoms with van der Waals surface area (Å²) in [5, 5.41) is 12.9. The lowest BCUT2D eigenvalue weighted by atomic mass is 10.2. The van der Waals surface area contributed by atoms with Crippen molar-refractivity contribution in [3.8, 4) is 0 Å². The van der Waals surface area contributed by atoms with E-state index in [1.54, 1.807) is 47.9 Å². The molecule has 2 N–H and O–H groups in total. The highest BCUT2D eigenvalue weighted by Gasteiger charge is 2.20. The number of rotatable bonds is 7. The summed E-state index contributed by atoms with van der Waals surface area (Å²) >= 11 is 1.40. The van der Waals surface area contributed by atoms with Gasteiger partial charge in [0.15, 0.2) is 9.84 Å². The summed E-state index contributed by atoms with van der Waals surface area (Å²) in [5.41, 5.74) is 2.05. The number of carboxylic acid groups (broad SMARTS) is 1. The third kappa shape index (κ3) is 4.36. The molecule has 0 fully saturated rings. The second kappa shape index (κ2) is 8.53. The Morgan fingerprint density at radius 1 is 1.13 bits per heavy atom. The molecule has 0 saturated heterocycles. The molecular weight excluding hydrogens is 424 g/mol. The number of anilines is 1. The molecule has 30 heavy (non-hydrogen) atoms. The molecule has 0 saturated carbocycles. The van der Waals surface area contributed by atoms with E-state index in [0.717, 1.165) is 20.9 Å². The smallest absolute Gasteiger partial charge is 0.323 e. The number of nitrogens with one attached hydrogen (secondary N) is 1. The van der Waals surface area contributed by atoms with E-state index in [-0.39, 0.29) is 23.1 Å². The van der Waals surface area contributed by atoms with E-state index in [9.17, 15) is 23.1 Å². The fourth-order valence-electron chi connectivity index (χ4n) is 3.25. The van der Waals surface area contributed by atoms with Crippen molar-refractivity contribution in [2.45, 2.75) is 42.0 Å². The van der Waals surface area contributed by atoms with Gasteiger partial charge in [-0.1, -0.05) is 24.8 Å². The Morgan fingerprint density at radius 2 is 1.80 bits per heavy atom. The van der Waals surface area contributed by atoms with E-state index < -0.39 is 15.8 Å². The van der Waals surface area contributed by atoms with E-state index in [2.05, 4.69) is 5.32 Å². The Kier molecular flexibility index (Phi) is 6.23. The first-order valence-corrected chi connectivity index (χ1v) is 11.7. The Bertz CT molecular complexity index is 1230. The second-order valence-corrected chi connectivity index (χ2v) is 10.1. The average molecular weight is 447 g/mol. The van der Waals surface area contributed by atoms with Crippen LogP contribution in [0.3, 0.4) is 0 Å². The van der Waals surface area contributed by atoms with Crippen molar-refractivity contribution < 1.29 is 23.1 Å². The normalized spacial score (nSPS) is 11.6. The van der Waals surface area contributed by atoms with Gasteiger partial charge >= 0.3 is 5.97 Å². The van der Waals surface area contributed by atoms with Crippen molar-refractivity contribution >= 4 is 50.1 Å². The number of fused-ring (bicyclic) bond motifs is 1. The van der Waals surface area contributed by atoms with Gasteiger partial charge in [-0.3, -0.25) is 9.59 Å². The number of benzene rings is 2. The zero-order valence-electron chi connectivity index (χ0n) is 16.8. The van der Waals surface area contributed by atoms with Crippen LogP contribution in [0.15, 0.2) is 57.2 Å². The molecule has 9 heteroatoms. The average Bonchev–Trinajstić information content (AvgIpc) is 2.94. The zero-order valence-corrected chi connectivity index (χ0v) is 18.4. The number of hydrogen-bond acceptors (Lipinski definition) is 5. The third-order valence-corrected chi connectivity index (χ3v) is 7.64. The molecule has 0 radical (unpaired) electrons. The Hall–Kier alpha value is -2.78. The van der Waals surface area contributed by atoms with Gasteiger partial charge in [-0.2, -0.15) is 0 Å². The largest absolute Gasteiger partial charge is 0.480 e. The molecule has 7 nitrogen and oxygen atoms in total. The quantitative estimate of drug-likeness (QED) is 0.570. The molecule has 0 unspecified atom stereocenters. The first kappa shape index (κ1) is 21.9. The Labute approximate surface area is 179 Å². The molecule has 3 rings (SSSR count). The predicted molar refractivity (Wildman–Crippen MR) is 117 cm³/mol. The van der Waals surface area contributed by atoms with Gasteiger partial charge in [0, 0.05) is 27.8 Å². The van der Waals surface area contributed by atoms with Crippen molar-refractivity contribution in [3.05, 3.63) is 48.2 Å². The number of sulfone groups is 1. The van der Waals surface area contributed by atoms with Gasteiger partial charge in [0.05, 0.1) is 21.9 Å². The van der Waals surface area contributed by atoms with E-state index in [4.69, 9.17) is 0 Å². The topological polar surface area (TPSA) is 105 Å². The van der Waals surface area contributed by atoms with Crippen molar-refractivity contribution in [1.29, 1.82) is 0 Å². The highest BCUT2D eigenvalue weighted by molar-refractivity contribution is 7.99. The van der Waals surface area contributed by atoms with Crippen LogP contribution in [0.1, 0.15) is 19.5 Å². The van der Waals surface area contributed by atoms with Crippen molar-refractivity contribution in [1.82, 2.24) is 4.57 Å². The number of carboxylic acids is 1. The fraction of sp³-hybridized carbons (Fsp3) is 0.238. The van der Waals surface area contributed by atoms with Crippen LogP contribution in [0.4, 0.5) is 5.69 Å². The summed E-state index contributed by atoms with van der Waals surface area (Å²) in [7, 11) is -3.29. The maximum atomic E-state index is 12.0. The Morgan fingerprint density at radius 3 is 2.37 bits per heavy atom.